The van der Waals surface area contributed by atoms with Crippen molar-refractivity contribution >= 4 is 35.0 Å². The zero-order valence-electron chi connectivity index (χ0n) is 10.3. The van der Waals surface area contributed by atoms with Gasteiger partial charge in [0.1, 0.15) is 4.88 Å². The molecule has 19 heavy (non-hydrogen) atoms. The number of rotatable bonds is 6. The SMILES string of the molecule is COC(=O)c1sccc1NC(=O)NCCCC(=O)O. The number of thiophene rings is 1. The lowest BCUT2D eigenvalue weighted by molar-refractivity contribution is -0.137. The second-order valence-corrected chi connectivity index (χ2v) is 4.45. The van der Waals surface area contributed by atoms with Crippen LogP contribution in [0.25, 0.3) is 0 Å². The zero-order chi connectivity index (χ0) is 14.3. The van der Waals surface area contributed by atoms with Gasteiger partial charge in [0.2, 0.25) is 0 Å². The van der Waals surface area contributed by atoms with Crippen LogP contribution in [0.2, 0.25) is 0 Å². The van der Waals surface area contributed by atoms with Crippen molar-refractivity contribution in [3.63, 3.8) is 0 Å². The van der Waals surface area contributed by atoms with Gasteiger partial charge in [0, 0.05) is 13.0 Å². The molecule has 0 unspecified atom stereocenters. The number of amides is 2. The molecule has 0 aromatic carbocycles. The molecule has 0 radical (unpaired) electrons. The summed E-state index contributed by atoms with van der Waals surface area (Å²) in [5.41, 5.74) is 0.368. The maximum absolute atomic E-state index is 11.5. The molecule has 0 spiro atoms. The van der Waals surface area contributed by atoms with Gasteiger partial charge in [-0.05, 0) is 17.9 Å². The fourth-order valence-corrected chi connectivity index (χ4v) is 2.03. The molecule has 104 valence electrons. The molecule has 7 nitrogen and oxygen atoms in total. The average Bonchev–Trinajstić information content (AvgIpc) is 2.81. The first-order valence-corrected chi connectivity index (χ1v) is 6.35. The van der Waals surface area contributed by atoms with Crippen LogP contribution in [0, 0.1) is 0 Å². The number of carboxylic acid groups (broad SMARTS) is 1. The highest BCUT2D eigenvalue weighted by molar-refractivity contribution is 7.12. The van der Waals surface area contributed by atoms with Crippen molar-refractivity contribution in [1.82, 2.24) is 5.32 Å². The molecule has 0 aliphatic heterocycles. The summed E-state index contributed by atoms with van der Waals surface area (Å²) in [5, 5.41) is 15.1. The van der Waals surface area contributed by atoms with Crippen LogP contribution in [-0.4, -0.2) is 36.7 Å². The van der Waals surface area contributed by atoms with Gasteiger partial charge in [-0.2, -0.15) is 0 Å². The predicted molar refractivity (Wildman–Crippen MR) is 69.5 cm³/mol. The Bertz CT molecular complexity index is 471. The number of aliphatic carboxylic acids is 1. The molecule has 1 aromatic rings. The van der Waals surface area contributed by atoms with Crippen molar-refractivity contribution in [1.29, 1.82) is 0 Å². The summed E-state index contributed by atoms with van der Waals surface area (Å²) in [6, 6.07) is 1.10. The van der Waals surface area contributed by atoms with Gasteiger partial charge >= 0.3 is 18.0 Å². The Balaban J connectivity index is 2.42. The Morgan fingerprint density at radius 2 is 2.16 bits per heavy atom. The number of hydrogen-bond donors (Lipinski definition) is 3. The van der Waals surface area contributed by atoms with Gasteiger partial charge in [0.05, 0.1) is 12.8 Å². The van der Waals surface area contributed by atoms with Crippen molar-refractivity contribution in [3.05, 3.63) is 16.3 Å². The quantitative estimate of drug-likeness (QED) is 0.543. The first-order valence-electron chi connectivity index (χ1n) is 5.47. The zero-order valence-corrected chi connectivity index (χ0v) is 11.1. The van der Waals surface area contributed by atoms with Crippen LogP contribution in [-0.2, 0) is 9.53 Å². The Labute approximate surface area is 113 Å². The summed E-state index contributed by atoms with van der Waals surface area (Å²) in [7, 11) is 1.26. The third-order valence-electron chi connectivity index (χ3n) is 2.14. The summed E-state index contributed by atoms with van der Waals surface area (Å²) in [6.07, 6.45) is 0.336. The van der Waals surface area contributed by atoms with Crippen molar-refractivity contribution in [3.8, 4) is 0 Å². The highest BCUT2D eigenvalue weighted by atomic mass is 32.1. The molecule has 0 aliphatic rings. The average molecular weight is 286 g/mol. The van der Waals surface area contributed by atoms with Crippen LogP contribution in [0.15, 0.2) is 11.4 Å². The largest absolute Gasteiger partial charge is 0.481 e. The first-order chi connectivity index (χ1) is 9.04. The molecule has 0 saturated carbocycles. The molecule has 3 N–H and O–H groups in total. The van der Waals surface area contributed by atoms with Crippen molar-refractivity contribution in [2.75, 3.05) is 19.0 Å². The smallest absolute Gasteiger partial charge is 0.350 e. The van der Waals surface area contributed by atoms with Gasteiger partial charge in [-0.15, -0.1) is 11.3 Å². The number of methoxy groups -OCH3 is 1. The predicted octanol–water partition coefficient (Wildman–Crippen LogP) is 1.52. The van der Waals surface area contributed by atoms with E-state index in [9.17, 15) is 14.4 Å². The van der Waals surface area contributed by atoms with E-state index in [-0.39, 0.29) is 13.0 Å². The molecule has 0 aliphatic carbocycles. The number of nitrogens with one attached hydrogen (secondary N) is 2. The summed E-state index contributed by atoms with van der Waals surface area (Å²) >= 11 is 1.16. The number of ether oxygens (including phenoxy) is 1. The topological polar surface area (TPSA) is 105 Å². The second kappa shape index (κ2) is 7.37. The Hall–Kier alpha value is -2.09. The molecule has 1 heterocycles. The molecular formula is C11H14N2O5S. The molecule has 8 heteroatoms. The summed E-state index contributed by atoms with van der Waals surface area (Å²) in [6.45, 7) is 0.246. The highest BCUT2D eigenvalue weighted by Gasteiger charge is 2.15. The minimum absolute atomic E-state index is 0.00780. The van der Waals surface area contributed by atoms with E-state index in [1.54, 1.807) is 11.4 Å². The summed E-state index contributed by atoms with van der Waals surface area (Å²) in [5.74, 6) is -1.43. The van der Waals surface area contributed by atoms with Crippen LogP contribution in [0.5, 0.6) is 0 Å². The highest BCUT2D eigenvalue weighted by Crippen LogP contribution is 2.22. The third-order valence-corrected chi connectivity index (χ3v) is 3.03. The molecule has 1 aromatic heterocycles. The standard InChI is InChI=1S/C11H14N2O5S/c1-18-10(16)9-7(4-6-19-9)13-11(17)12-5-2-3-8(14)15/h4,6H,2-3,5H2,1H3,(H,14,15)(H2,12,13,17). The number of carbonyl (C=O) groups excluding carboxylic acids is 2. The fourth-order valence-electron chi connectivity index (χ4n) is 1.27. The van der Waals surface area contributed by atoms with E-state index in [1.165, 1.54) is 7.11 Å². The first kappa shape index (κ1) is 15.0. The van der Waals surface area contributed by atoms with E-state index >= 15 is 0 Å². The Kier molecular flexibility index (Phi) is 5.80. The van der Waals surface area contributed by atoms with Crippen LogP contribution >= 0.6 is 11.3 Å². The van der Waals surface area contributed by atoms with Crippen molar-refractivity contribution in [2.45, 2.75) is 12.8 Å². The van der Waals surface area contributed by atoms with Gasteiger partial charge in [-0.25, -0.2) is 9.59 Å². The van der Waals surface area contributed by atoms with E-state index < -0.39 is 18.0 Å². The molecule has 0 atom stereocenters. The van der Waals surface area contributed by atoms with E-state index in [0.717, 1.165) is 11.3 Å². The van der Waals surface area contributed by atoms with Gasteiger partial charge in [-0.1, -0.05) is 0 Å². The normalized spacial score (nSPS) is 9.74. The lowest BCUT2D eigenvalue weighted by Crippen LogP contribution is -2.30. The number of carbonyl (C=O) groups is 3. The molecule has 0 bridgehead atoms. The van der Waals surface area contributed by atoms with Crippen LogP contribution < -0.4 is 10.6 Å². The lowest BCUT2D eigenvalue weighted by atomic mass is 10.3. The van der Waals surface area contributed by atoms with Crippen molar-refractivity contribution in [2.24, 2.45) is 0 Å². The molecule has 0 saturated heterocycles. The number of anilines is 1. The van der Waals surface area contributed by atoms with Gasteiger partial charge in [0.25, 0.3) is 0 Å². The minimum Gasteiger partial charge on any atom is -0.481 e. The summed E-state index contributed by atoms with van der Waals surface area (Å²) in [4.78, 5) is 33.4. The van der Waals surface area contributed by atoms with Gasteiger partial charge < -0.3 is 20.5 Å². The molecule has 2 amide bonds. The van der Waals surface area contributed by atoms with E-state index in [1.807, 2.05) is 0 Å². The maximum Gasteiger partial charge on any atom is 0.350 e. The van der Waals surface area contributed by atoms with E-state index in [2.05, 4.69) is 15.4 Å². The minimum atomic E-state index is -0.909. The Morgan fingerprint density at radius 3 is 2.79 bits per heavy atom. The van der Waals surface area contributed by atoms with Gasteiger partial charge in [-0.3, -0.25) is 4.79 Å². The second-order valence-electron chi connectivity index (χ2n) is 3.53. The lowest BCUT2D eigenvalue weighted by Gasteiger charge is -2.07. The van der Waals surface area contributed by atoms with Crippen LogP contribution in [0.1, 0.15) is 22.5 Å². The maximum atomic E-state index is 11.5. The number of carboxylic acids is 1. The number of hydrogen-bond acceptors (Lipinski definition) is 5. The Morgan fingerprint density at radius 1 is 1.42 bits per heavy atom. The molecule has 0 fully saturated rings. The van der Waals surface area contributed by atoms with Crippen LogP contribution in [0.4, 0.5) is 10.5 Å². The number of esters is 1. The summed E-state index contributed by atoms with van der Waals surface area (Å²) < 4.78 is 4.58. The van der Waals surface area contributed by atoms with Crippen LogP contribution in [0.3, 0.4) is 0 Å². The van der Waals surface area contributed by atoms with E-state index in [4.69, 9.17) is 5.11 Å². The van der Waals surface area contributed by atoms with E-state index in [0.29, 0.717) is 17.0 Å². The number of urea groups is 1. The fraction of sp³-hybridized carbons (Fsp3) is 0.364. The molecular weight excluding hydrogens is 272 g/mol. The van der Waals surface area contributed by atoms with Crippen molar-refractivity contribution < 1.29 is 24.2 Å². The molecule has 1 rings (SSSR count). The monoisotopic (exact) mass is 286 g/mol. The third kappa shape index (κ3) is 4.96. The van der Waals surface area contributed by atoms with Gasteiger partial charge in [0.15, 0.2) is 0 Å².